The maximum Gasteiger partial charge on any atom is 0.409 e. The number of nitriles is 1. The molecular formula is C18H18N6O2S. The maximum absolute atomic E-state index is 11.9. The second-order valence-electron chi connectivity index (χ2n) is 6.09. The van der Waals surface area contributed by atoms with Crippen LogP contribution in [0, 0.1) is 11.3 Å². The quantitative estimate of drug-likeness (QED) is 0.748. The Morgan fingerprint density at radius 3 is 2.93 bits per heavy atom. The number of ether oxygens (including phenoxy) is 1. The summed E-state index contributed by atoms with van der Waals surface area (Å²) in [6, 6.07) is 6.12. The summed E-state index contributed by atoms with van der Waals surface area (Å²) >= 11 is 1.43. The van der Waals surface area contributed by atoms with Gasteiger partial charge in [-0.3, -0.25) is 0 Å². The van der Waals surface area contributed by atoms with Crippen molar-refractivity contribution in [1.29, 1.82) is 5.26 Å². The number of hydrogen-bond donors (Lipinski definition) is 1. The summed E-state index contributed by atoms with van der Waals surface area (Å²) in [6.45, 7) is 4.89. The summed E-state index contributed by atoms with van der Waals surface area (Å²) in [6.07, 6.45) is 1.52. The molecule has 0 unspecified atom stereocenters. The van der Waals surface area contributed by atoms with Gasteiger partial charge in [-0.25, -0.2) is 14.8 Å². The van der Waals surface area contributed by atoms with Gasteiger partial charge in [-0.1, -0.05) is 0 Å². The van der Waals surface area contributed by atoms with Gasteiger partial charge in [-0.2, -0.15) is 5.26 Å². The van der Waals surface area contributed by atoms with Gasteiger partial charge in [-0.05, 0) is 19.1 Å². The Morgan fingerprint density at radius 1 is 1.37 bits per heavy atom. The second-order valence-corrected chi connectivity index (χ2v) is 6.95. The first kappa shape index (κ1) is 17.3. The van der Waals surface area contributed by atoms with Crippen molar-refractivity contribution in [1.82, 2.24) is 19.9 Å². The number of thiazole rings is 1. The predicted molar refractivity (Wildman–Crippen MR) is 103 cm³/mol. The third-order valence-corrected chi connectivity index (χ3v) is 5.43. The fourth-order valence-corrected chi connectivity index (χ4v) is 3.98. The van der Waals surface area contributed by atoms with Gasteiger partial charge in [0.15, 0.2) is 5.69 Å². The highest BCUT2D eigenvalue weighted by Crippen LogP contribution is 2.33. The van der Waals surface area contributed by atoms with E-state index in [4.69, 9.17) is 4.74 Å². The molecule has 27 heavy (non-hydrogen) atoms. The first-order chi connectivity index (χ1) is 13.2. The Labute approximate surface area is 160 Å². The van der Waals surface area contributed by atoms with Gasteiger partial charge in [0.05, 0.1) is 22.7 Å². The molecule has 3 aromatic heterocycles. The zero-order valence-electron chi connectivity index (χ0n) is 14.8. The van der Waals surface area contributed by atoms with Crippen LogP contribution in [0.5, 0.6) is 0 Å². The van der Waals surface area contributed by atoms with Crippen LogP contribution in [0.15, 0.2) is 23.8 Å². The average molecular weight is 382 g/mol. The Hall–Kier alpha value is -3.12. The molecule has 1 fully saturated rings. The van der Waals surface area contributed by atoms with E-state index in [1.54, 1.807) is 16.6 Å². The van der Waals surface area contributed by atoms with E-state index in [1.807, 2.05) is 19.1 Å². The zero-order chi connectivity index (χ0) is 18.8. The van der Waals surface area contributed by atoms with Crippen LogP contribution < -0.4 is 4.90 Å². The molecule has 1 N–H and O–H groups in total. The molecule has 3 aromatic rings. The van der Waals surface area contributed by atoms with Gasteiger partial charge in [0.1, 0.15) is 11.7 Å². The molecule has 0 aliphatic carbocycles. The minimum absolute atomic E-state index is 0.254. The summed E-state index contributed by atoms with van der Waals surface area (Å²) < 4.78 is 5.08. The molecule has 1 amide bonds. The number of pyridine rings is 1. The van der Waals surface area contributed by atoms with E-state index < -0.39 is 0 Å². The van der Waals surface area contributed by atoms with Gasteiger partial charge in [0, 0.05) is 43.4 Å². The molecule has 9 heteroatoms. The van der Waals surface area contributed by atoms with Gasteiger partial charge in [0.2, 0.25) is 0 Å². The number of amides is 1. The maximum atomic E-state index is 11.9. The Balaban J connectivity index is 1.60. The molecule has 1 aliphatic heterocycles. The van der Waals surface area contributed by atoms with E-state index in [-0.39, 0.29) is 6.09 Å². The summed E-state index contributed by atoms with van der Waals surface area (Å²) in [7, 11) is 0. The van der Waals surface area contributed by atoms with Gasteiger partial charge < -0.3 is 19.5 Å². The second kappa shape index (κ2) is 7.25. The molecular weight excluding hydrogens is 364 g/mol. The lowest BCUT2D eigenvalue weighted by Crippen LogP contribution is -2.49. The van der Waals surface area contributed by atoms with E-state index in [0.717, 1.165) is 40.4 Å². The van der Waals surface area contributed by atoms with Crippen molar-refractivity contribution in [3.05, 3.63) is 29.5 Å². The fourth-order valence-electron chi connectivity index (χ4n) is 3.27. The summed E-state index contributed by atoms with van der Waals surface area (Å²) in [5.74, 6) is 0. The largest absolute Gasteiger partial charge is 0.450 e. The number of rotatable bonds is 3. The molecule has 4 rings (SSSR count). The van der Waals surface area contributed by atoms with Crippen LogP contribution in [-0.4, -0.2) is 58.7 Å². The monoisotopic (exact) mass is 382 g/mol. The van der Waals surface area contributed by atoms with Crippen LogP contribution >= 0.6 is 11.3 Å². The van der Waals surface area contributed by atoms with E-state index in [1.165, 1.54) is 11.3 Å². The summed E-state index contributed by atoms with van der Waals surface area (Å²) in [4.78, 5) is 28.5. The minimum Gasteiger partial charge on any atom is -0.450 e. The molecule has 0 saturated carbocycles. The number of H-pyrrole nitrogens is 1. The third kappa shape index (κ3) is 3.19. The third-order valence-electron chi connectivity index (χ3n) is 4.57. The van der Waals surface area contributed by atoms with E-state index in [9.17, 15) is 10.1 Å². The van der Waals surface area contributed by atoms with Crippen molar-refractivity contribution in [3.63, 3.8) is 0 Å². The van der Waals surface area contributed by atoms with Crippen molar-refractivity contribution >= 4 is 34.2 Å². The molecule has 0 bridgehead atoms. The normalized spacial score (nSPS) is 14.4. The van der Waals surface area contributed by atoms with Gasteiger partial charge >= 0.3 is 6.09 Å². The first-order valence-electron chi connectivity index (χ1n) is 8.69. The number of anilines is 1. The van der Waals surface area contributed by atoms with Crippen LogP contribution in [0.4, 0.5) is 10.5 Å². The first-order valence-corrected chi connectivity index (χ1v) is 9.57. The van der Waals surface area contributed by atoms with E-state index in [0.29, 0.717) is 25.4 Å². The molecule has 138 valence electrons. The number of nitrogens with one attached hydrogen (secondary N) is 1. The number of carbonyl (C=O) groups is 1. The number of aromatic amines is 1. The van der Waals surface area contributed by atoms with E-state index in [2.05, 4.69) is 25.9 Å². The van der Waals surface area contributed by atoms with Gasteiger partial charge in [-0.15, -0.1) is 11.3 Å². The Morgan fingerprint density at radius 2 is 2.19 bits per heavy atom. The standard InChI is InChI=1S/C18H18N6O2S/c1-2-26-18(25)24-7-5-23(6-8-24)15-3-4-20-17-12(15)9-13(22-17)16-14(10-19)21-11-27-16/h3-4,9,11H,2,5-8H2,1H3,(H,20,22). The molecule has 8 nitrogen and oxygen atoms in total. The number of aromatic nitrogens is 3. The van der Waals surface area contributed by atoms with Crippen molar-refractivity contribution in [2.75, 3.05) is 37.7 Å². The van der Waals surface area contributed by atoms with Crippen molar-refractivity contribution < 1.29 is 9.53 Å². The summed E-state index contributed by atoms with van der Waals surface area (Å²) in [5.41, 5.74) is 4.76. The van der Waals surface area contributed by atoms with Gasteiger partial charge in [0.25, 0.3) is 0 Å². The van der Waals surface area contributed by atoms with Crippen LogP contribution in [-0.2, 0) is 4.74 Å². The molecule has 1 saturated heterocycles. The highest BCUT2D eigenvalue weighted by atomic mass is 32.1. The molecule has 0 spiro atoms. The number of piperazine rings is 1. The molecule has 0 aromatic carbocycles. The van der Waals surface area contributed by atoms with Crippen LogP contribution in [0.1, 0.15) is 12.6 Å². The number of nitrogens with zero attached hydrogens (tertiary/aromatic N) is 5. The molecule has 0 atom stereocenters. The highest BCUT2D eigenvalue weighted by Gasteiger charge is 2.24. The number of hydrogen-bond acceptors (Lipinski definition) is 7. The summed E-state index contributed by atoms with van der Waals surface area (Å²) in [5, 5.41) is 10.2. The number of carbonyl (C=O) groups excluding carboxylic acids is 1. The SMILES string of the molecule is CCOC(=O)N1CCN(c2ccnc3[nH]c(-c4scnc4C#N)cc23)CC1. The number of fused-ring (bicyclic) bond motifs is 1. The van der Waals surface area contributed by atoms with Crippen molar-refractivity contribution in [3.8, 4) is 16.6 Å². The van der Waals surface area contributed by atoms with Crippen LogP contribution in [0.3, 0.4) is 0 Å². The Bertz CT molecular complexity index is 1010. The topological polar surface area (TPSA) is 98.1 Å². The molecule has 1 aliphatic rings. The van der Waals surface area contributed by atoms with E-state index >= 15 is 0 Å². The molecule has 0 radical (unpaired) electrons. The van der Waals surface area contributed by atoms with Crippen molar-refractivity contribution in [2.24, 2.45) is 0 Å². The lowest BCUT2D eigenvalue weighted by molar-refractivity contribution is 0.105. The average Bonchev–Trinajstić information content (AvgIpc) is 3.34. The van der Waals surface area contributed by atoms with Crippen molar-refractivity contribution in [2.45, 2.75) is 6.92 Å². The zero-order valence-corrected chi connectivity index (χ0v) is 15.6. The lowest BCUT2D eigenvalue weighted by atomic mass is 10.2. The fraction of sp³-hybridized carbons (Fsp3) is 0.333. The lowest BCUT2D eigenvalue weighted by Gasteiger charge is -2.35. The predicted octanol–water partition coefficient (Wildman–Crippen LogP) is 2.84. The van der Waals surface area contributed by atoms with Crippen LogP contribution in [0.25, 0.3) is 21.6 Å². The minimum atomic E-state index is -0.254. The Kier molecular flexibility index (Phi) is 4.64. The highest BCUT2D eigenvalue weighted by molar-refractivity contribution is 7.13. The smallest absolute Gasteiger partial charge is 0.409 e. The van der Waals surface area contributed by atoms with Crippen LogP contribution in [0.2, 0.25) is 0 Å². The molecule has 4 heterocycles.